The molecule has 0 aliphatic carbocycles. The van der Waals surface area contributed by atoms with Gasteiger partial charge in [-0.15, -0.1) is 36.2 Å². The number of anilines is 1. The lowest BCUT2D eigenvalue weighted by Crippen LogP contribution is -2.13. The van der Waals surface area contributed by atoms with Crippen LogP contribution < -0.4 is 15.8 Å². The average molecular weight is 431 g/mol. The topological polar surface area (TPSA) is 108 Å². The van der Waals surface area contributed by atoms with Crippen molar-refractivity contribution >= 4 is 47.7 Å². The third kappa shape index (κ3) is 6.79. The number of amides is 1. The quantitative estimate of drug-likeness (QED) is 0.567. The molecule has 27 heavy (non-hydrogen) atoms. The highest BCUT2D eigenvalue weighted by Crippen LogP contribution is 2.19. The highest BCUT2D eigenvalue weighted by atomic mass is 35.5. The van der Waals surface area contributed by atoms with Crippen LogP contribution in [0.15, 0.2) is 42.3 Å². The van der Waals surface area contributed by atoms with Gasteiger partial charge in [0.2, 0.25) is 0 Å². The standard InChI is InChI=1S/C16H18N6O2S.2ClH/c17-5-4-15-21-14(9-25-15)16(23)20-12-2-1-3-13(8-12)24-7-6-22-11-18-10-19-22;;/h1-3,8-11H,4-7,17H2,(H,20,23);2*1H. The van der Waals surface area contributed by atoms with Gasteiger partial charge in [-0.1, -0.05) is 6.07 Å². The van der Waals surface area contributed by atoms with E-state index in [0.717, 1.165) is 5.01 Å². The highest BCUT2D eigenvalue weighted by molar-refractivity contribution is 7.09. The summed E-state index contributed by atoms with van der Waals surface area (Å²) in [5, 5.41) is 9.43. The van der Waals surface area contributed by atoms with E-state index in [2.05, 4.69) is 20.4 Å². The summed E-state index contributed by atoms with van der Waals surface area (Å²) in [6, 6.07) is 7.22. The van der Waals surface area contributed by atoms with E-state index in [1.165, 1.54) is 17.7 Å². The van der Waals surface area contributed by atoms with Gasteiger partial charge in [0.1, 0.15) is 30.7 Å². The summed E-state index contributed by atoms with van der Waals surface area (Å²) in [5.41, 5.74) is 6.54. The number of carbonyl (C=O) groups excluding carboxylic acids is 1. The molecule has 0 unspecified atom stereocenters. The van der Waals surface area contributed by atoms with Crippen LogP contribution in [0.4, 0.5) is 5.69 Å². The van der Waals surface area contributed by atoms with Gasteiger partial charge in [0.25, 0.3) is 5.91 Å². The SMILES string of the molecule is Cl.Cl.NCCc1nc(C(=O)Nc2cccc(OCCn3cncn3)c2)cs1. The van der Waals surface area contributed by atoms with Crippen molar-refractivity contribution < 1.29 is 9.53 Å². The van der Waals surface area contributed by atoms with Crippen LogP contribution in [0, 0.1) is 0 Å². The number of hydrogen-bond donors (Lipinski definition) is 2. The van der Waals surface area contributed by atoms with Crippen LogP contribution in [0.2, 0.25) is 0 Å². The Morgan fingerprint density at radius 2 is 2.19 bits per heavy atom. The molecule has 0 radical (unpaired) electrons. The van der Waals surface area contributed by atoms with E-state index in [1.54, 1.807) is 28.5 Å². The van der Waals surface area contributed by atoms with E-state index in [1.807, 2.05) is 12.1 Å². The zero-order valence-corrected chi connectivity index (χ0v) is 16.7. The van der Waals surface area contributed by atoms with Crippen molar-refractivity contribution in [3.63, 3.8) is 0 Å². The minimum absolute atomic E-state index is 0. The van der Waals surface area contributed by atoms with Crippen molar-refractivity contribution in [2.75, 3.05) is 18.5 Å². The first kappa shape index (κ1) is 22.8. The lowest BCUT2D eigenvalue weighted by atomic mass is 10.3. The van der Waals surface area contributed by atoms with E-state index >= 15 is 0 Å². The molecule has 2 heterocycles. The molecule has 0 saturated heterocycles. The van der Waals surface area contributed by atoms with E-state index in [-0.39, 0.29) is 30.7 Å². The molecule has 0 aliphatic heterocycles. The number of rotatable bonds is 8. The van der Waals surface area contributed by atoms with Gasteiger partial charge in [0.05, 0.1) is 11.6 Å². The predicted octanol–water partition coefficient (Wildman–Crippen LogP) is 2.41. The van der Waals surface area contributed by atoms with Crippen LogP contribution in [0.25, 0.3) is 0 Å². The van der Waals surface area contributed by atoms with E-state index < -0.39 is 0 Å². The molecular formula is C16H20Cl2N6O2S. The van der Waals surface area contributed by atoms with Crippen molar-refractivity contribution in [2.45, 2.75) is 13.0 Å². The lowest BCUT2D eigenvalue weighted by Gasteiger charge is -2.08. The Hall–Kier alpha value is -2.20. The van der Waals surface area contributed by atoms with Gasteiger partial charge >= 0.3 is 0 Å². The van der Waals surface area contributed by atoms with Gasteiger partial charge in [-0.05, 0) is 18.7 Å². The molecule has 1 amide bonds. The summed E-state index contributed by atoms with van der Waals surface area (Å²) in [5.74, 6) is 0.416. The molecule has 3 aromatic rings. The van der Waals surface area contributed by atoms with E-state index in [9.17, 15) is 4.79 Å². The number of thiazole rings is 1. The van der Waals surface area contributed by atoms with Crippen LogP contribution in [0.3, 0.4) is 0 Å². The number of aromatic nitrogens is 4. The molecule has 11 heteroatoms. The summed E-state index contributed by atoms with van der Waals surface area (Å²) in [6.07, 6.45) is 3.79. The molecule has 146 valence electrons. The Bertz CT molecular complexity index is 828. The molecule has 0 aliphatic rings. The second-order valence-corrected chi connectivity index (χ2v) is 6.10. The third-order valence-corrected chi connectivity index (χ3v) is 4.20. The van der Waals surface area contributed by atoms with Crippen molar-refractivity contribution in [3.8, 4) is 5.75 Å². The summed E-state index contributed by atoms with van der Waals surface area (Å²) < 4.78 is 7.36. The number of nitrogens with one attached hydrogen (secondary N) is 1. The third-order valence-electron chi connectivity index (χ3n) is 3.29. The van der Waals surface area contributed by atoms with Crippen LogP contribution in [0.1, 0.15) is 15.5 Å². The Balaban J connectivity index is 0.00000182. The minimum Gasteiger partial charge on any atom is -0.492 e. The normalized spacial score (nSPS) is 9.81. The first-order chi connectivity index (χ1) is 12.2. The van der Waals surface area contributed by atoms with E-state index in [4.69, 9.17) is 10.5 Å². The molecule has 8 nitrogen and oxygen atoms in total. The number of nitrogens with two attached hydrogens (primary N) is 1. The molecule has 0 spiro atoms. The molecule has 3 N–H and O–H groups in total. The van der Waals surface area contributed by atoms with Gasteiger partial charge in [0, 0.05) is 23.6 Å². The predicted molar refractivity (Wildman–Crippen MR) is 109 cm³/mol. The fourth-order valence-corrected chi connectivity index (χ4v) is 2.91. The Kier molecular flexibility index (Phi) is 9.73. The van der Waals surface area contributed by atoms with Gasteiger partial charge in [-0.25, -0.2) is 14.6 Å². The summed E-state index contributed by atoms with van der Waals surface area (Å²) in [4.78, 5) is 20.4. The van der Waals surface area contributed by atoms with Gasteiger partial charge < -0.3 is 15.8 Å². The minimum atomic E-state index is -0.251. The van der Waals surface area contributed by atoms with Gasteiger partial charge in [-0.3, -0.25) is 4.79 Å². The molecule has 0 saturated carbocycles. The highest BCUT2D eigenvalue weighted by Gasteiger charge is 2.11. The second kappa shape index (κ2) is 11.5. The smallest absolute Gasteiger partial charge is 0.275 e. The maximum Gasteiger partial charge on any atom is 0.275 e. The van der Waals surface area contributed by atoms with E-state index in [0.29, 0.717) is 43.2 Å². The molecule has 1 aromatic carbocycles. The Morgan fingerprint density at radius 1 is 1.33 bits per heavy atom. The molecule has 3 rings (SSSR count). The second-order valence-electron chi connectivity index (χ2n) is 5.15. The number of halogens is 2. The summed E-state index contributed by atoms with van der Waals surface area (Å²) in [6.45, 7) is 1.57. The lowest BCUT2D eigenvalue weighted by molar-refractivity contribution is 0.102. The number of carbonyl (C=O) groups is 1. The van der Waals surface area contributed by atoms with Crippen molar-refractivity contribution in [3.05, 3.63) is 53.0 Å². The van der Waals surface area contributed by atoms with Gasteiger partial charge in [0.15, 0.2) is 0 Å². The maximum atomic E-state index is 12.3. The molecule has 2 aromatic heterocycles. The Morgan fingerprint density at radius 3 is 2.93 bits per heavy atom. The largest absolute Gasteiger partial charge is 0.492 e. The zero-order chi connectivity index (χ0) is 17.5. The molecular weight excluding hydrogens is 411 g/mol. The van der Waals surface area contributed by atoms with Gasteiger partial charge in [-0.2, -0.15) is 5.10 Å². The Labute approximate surface area is 173 Å². The fourth-order valence-electron chi connectivity index (χ4n) is 2.12. The summed E-state index contributed by atoms with van der Waals surface area (Å²) >= 11 is 1.44. The number of nitrogens with zero attached hydrogens (tertiary/aromatic N) is 4. The first-order valence-electron chi connectivity index (χ1n) is 7.75. The molecule has 0 atom stereocenters. The van der Waals surface area contributed by atoms with Crippen LogP contribution in [0.5, 0.6) is 5.75 Å². The summed E-state index contributed by atoms with van der Waals surface area (Å²) in [7, 11) is 0. The maximum absolute atomic E-state index is 12.3. The van der Waals surface area contributed by atoms with Crippen molar-refractivity contribution in [1.29, 1.82) is 0 Å². The molecule has 0 fully saturated rings. The first-order valence-corrected chi connectivity index (χ1v) is 8.63. The van der Waals surface area contributed by atoms with Crippen LogP contribution in [-0.2, 0) is 13.0 Å². The number of ether oxygens (including phenoxy) is 1. The average Bonchev–Trinajstić information content (AvgIpc) is 3.27. The van der Waals surface area contributed by atoms with Crippen LogP contribution in [-0.4, -0.2) is 38.8 Å². The van der Waals surface area contributed by atoms with Crippen molar-refractivity contribution in [2.24, 2.45) is 5.73 Å². The number of hydrogen-bond acceptors (Lipinski definition) is 7. The zero-order valence-electron chi connectivity index (χ0n) is 14.3. The van der Waals surface area contributed by atoms with Crippen molar-refractivity contribution in [1.82, 2.24) is 19.7 Å². The fraction of sp³-hybridized carbons (Fsp3) is 0.250. The monoisotopic (exact) mass is 430 g/mol. The number of benzene rings is 1. The van der Waals surface area contributed by atoms with Crippen LogP contribution >= 0.6 is 36.2 Å². The molecule has 0 bridgehead atoms.